The number of aliphatic carboxylic acids is 1. The van der Waals surface area contributed by atoms with Crippen LogP contribution in [0.1, 0.15) is 24.0 Å². The highest BCUT2D eigenvalue weighted by molar-refractivity contribution is 5.76. The SMILES string of the molecule is Cc1cc(CNC(=O)N2CCCC(C(=O)O)C2)ccc1-c1ccccc1. The van der Waals surface area contributed by atoms with Crippen molar-refractivity contribution in [3.05, 3.63) is 59.7 Å². The van der Waals surface area contributed by atoms with E-state index < -0.39 is 11.9 Å². The summed E-state index contributed by atoms with van der Waals surface area (Å²) in [6.45, 7) is 3.40. The van der Waals surface area contributed by atoms with E-state index in [0.29, 0.717) is 19.5 Å². The van der Waals surface area contributed by atoms with E-state index in [1.54, 1.807) is 4.90 Å². The molecule has 1 unspecified atom stereocenters. The van der Waals surface area contributed by atoms with Crippen molar-refractivity contribution in [2.45, 2.75) is 26.3 Å². The van der Waals surface area contributed by atoms with E-state index in [4.69, 9.17) is 5.11 Å². The molecule has 2 amide bonds. The smallest absolute Gasteiger partial charge is 0.317 e. The summed E-state index contributed by atoms with van der Waals surface area (Å²) in [7, 11) is 0. The number of benzene rings is 2. The van der Waals surface area contributed by atoms with Crippen LogP contribution in [0.4, 0.5) is 4.79 Å². The van der Waals surface area contributed by atoms with Crippen LogP contribution in [0.3, 0.4) is 0 Å². The van der Waals surface area contributed by atoms with Crippen molar-refractivity contribution in [2.75, 3.05) is 13.1 Å². The molecule has 0 aromatic heterocycles. The number of hydrogen-bond donors (Lipinski definition) is 2. The first kappa shape index (κ1) is 18.0. The molecule has 2 N–H and O–H groups in total. The number of hydrogen-bond acceptors (Lipinski definition) is 2. The van der Waals surface area contributed by atoms with E-state index in [1.807, 2.05) is 24.3 Å². The molecule has 1 heterocycles. The predicted octanol–water partition coefficient (Wildman–Crippen LogP) is 3.67. The van der Waals surface area contributed by atoms with Crippen molar-refractivity contribution < 1.29 is 14.7 Å². The van der Waals surface area contributed by atoms with Gasteiger partial charge in [-0.1, -0.05) is 48.5 Å². The molecule has 0 spiro atoms. The van der Waals surface area contributed by atoms with Crippen molar-refractivity contribution >= 4 is 12.0 Å². The Morgan fingerprint density at radius 2 is 1.96 bits per heavy atom. The van der Waals surface area contributed by atoms with Crippen molar-refractivity contribution in [3.8, 4) is 11.1 Å². The van der Waals surface area contributed by atoms with E-state index in [9.17, 15) is 9.59 Å². The quantitative estimate of drug-likeness (QED) is 0.882. The number of carboxylic acid groups (broad SMARTS) is 1. The Hall–Kier alpha value is -2.82. The molecule has 2 aromatic rings. The Balaban J connectivity index is 1.60. The average Bonchev–Trinajstić information content (AvgIpc) is 2.67. The molecular weight excluding hydrogens is 328 g/mol. The maximum atomic E-state index is 12.3. The van der Waals surface area contributed by atoms with Crippen molar-refractivity contribution in [3.63, 3.8) is 0 Å². The molecule has 3 rings (SSSR count). The van der Waals surface area contributed by atoms with Crippen LogP contribution in [-0.2, 0) is 11.3 Å². The summed E-state index contributed by atoms with van der Waals surface area (Å²) in [5, 5.41) is 12.0. The van der Waals surface area contributed by atoms with Gasteiger partial charge in [-0.2, -0.15) is 0 Å². The summed E-state index contributed by atoms with van der Waals surface area (Å²) in [5.41, 5.74) is 4.55. The summed E-state index contributed by atoms with van der Waals surface area (Å²) in [6.07, 6.45) is 1.37. The highest BCUT2D eigenvalue weighted by atomic mass is 16.4. The van der Waals surface area contributed by atoms with Crippen LogP contribution in [0.5, 0.6) is 0 Å². The number of amides is 2. The minimum Gasteiger partial charge on any atom is -0.481 e. The fraction of sp³-hybridized carbons (Fsp3) is 0.333. The highest BCUT2D eigenvalue weighted by Crippen LogP contribution is 2.24. The Bertz CT molecular complexity index is 789. The third-order valence-corrected chi connectivity index (χ3v) is 4.88. The molecule has 1 atom stereocenters. The molecule has 26 heavy (non-hydrogen) atoms. The van der Waals surface area contributed by atoms with E-state index in [0.717, 1.165) is 17.5 Å². The molecule has 2 aromatic carbocycles. The molecule has 5 nitrogen and oxygen atoms in total. The van der Waals surface area contributed by atoms with Gasteiger partial charge in [-0.15, -0.1) is 0 Å². The Kier molecular flexibility index (Phi) is 5.56. The number of likely N-dealkylation sites (tertiary alicyclic amines) is 1. The Labute approximate surface area is 153 Å². The first-order chi connectivity index (χ1) is 12.5. The van der Waals surface area contributed by atoms with Gasteiger partial charge in [0.2, 0.25) is 0 Å². The second-order valence-electron chi connectivity index (χ2n) is 6.80. The van der Waals surface area contributed by atoms with Crippen LogP contribution in [0.15, 0.2) is 48.5 Å². The van der Waals surface area contributed by atoms with Crippen LogP contribution in [0.25, 0.3) is 11.1 Å². The third kappa shape index (κ3) is 4.23. The van der Waals surface area contributed by atoms with Gasteiger partial charge in [-0.25, -0.2) is 4.79 Å². The van der Waals surface area contributed by atoms with Crippen LogP contribution in [0.2, 0.25) is 0 Å². The summed E-state index contributed by atoms with van der Waals surface area (Å²) in [6, 6.07) is 16.2. The number of carbonyl (C=O) groups excluding carboxylic acids is 1. The van der Waals surface area contributed by atoms with Gasteiger partial charge in [-0.05, 0) is 42.0 Å². The first-order valence-electron chi connectivity index (χ1n) is 8.95. The zero-order valence-electron chi connectivity index (χ0n) is 14.9. The van der Waals surface area contributed by atoms with Gasteiger partial charge in [-0.3, -0.25) is 4.79 Å². The van der Waals surface area contributed by atoms with Gasteiger partial charge in [0.05, 0.1) is 5.92 Å². The molecule has 1 aliphatic heterocycles. The average molecular weight is 352 g/mol. The second-order valence-corrected chi connectivity index (χ2v) is 6.80. The maximum Gasteiger partial charge on any atom is 0.317 e. The lowest BCUT2D eigenvalue weighted by Crippen LogP contribution is -2.46. The number of carboxylic acids is 1. The van der Waals surface area contributed by atoms with Gasteiger partial charge in [0.25, 0.3) is 0 Å². The molecule has 5 heteroatoms. The number of carbonyl (C=O) groups is 2. The monoisotopic (exact) mass is 352 g/mol. The molecule has 1 saturated heterocycles. The van der Waals surface area contributed by atoms with E-state index in [1.165, 1.54) is 11.1 Å². The minimum atomic E-state index is -0.824. The van der Waals surface area contributed by atoms with Gasteiger partial charge in [0.15, 0.2) is 0 Å². The normalized spacial score (nSPS) is 17.0. The van der Waals surface area contributed by atoms with Gasteiger partial charge in [0, 0.05) is 19.6 Å². The van der Waals surface area contributed by atoms with Crippen LogP contribution < -0.4 is 5.32 Å². The van der Waals surface area contributed by atoms with Gasteiger partial charge < -0.3 is 15.3 Å². The summed E-state index contributed by atoms with van der Waals surface area (Å²) in [4.78, 5) is 25.1. The van der Waals surface area contributed by atoms with E-state index in [-0.39, 0.29) is 12.6 Å². The standard InChI is InChI=1S/C21H24N2O3/c1-15-12-16(9-10-19(15)17-6-3-2-4-7-17)13-22-21(26)23-11-5-8-18(14-23)20(24)25/h2-4,6-7,9-10,12,18H,5,8,11,13-14H2,1H3,(H,22,26)(H,24,25). The zero-order valence-corrected chi connectivity index (χ0v) is 14.9. The second kappa shape index (κ2) is 8.04. The van der Waals surface area contributed by atoms with Gasteiger partial charge >= 0.3 is 12.0 Å². The topological polar surface area (TPSA) is 69.6 Å². The van der Waals surface area contributed by atoms with E-state index >= 15 is 0 Å². The number of rotatable bonds is 4. The lowest BCUT2D eigenvalue weighted by Gasteiger charge is -2.30. The molecule has 0 bridgehead atoms. The Morgan fingerprint density at radius 1 is 1.19 bits per heavy atom. The number of nitrogens with zero attached hydrogens (tertiary/aromatic N) is 1. The van der Waals surface area contributed by atoms with Crippen molar-refractivity contribution in [1.82, 2.24) is 10.2 Å². The summed E-state index contributed by atoms with van der Waals surface area (Å²) < 4.78 is 0. The lowest BCUT2D eigenvalue weighted by molar-refractivity contribution is -0.143. The predicted molar refractivity (Wildman–Crippen MR) is 101 cm³/mol. The van der Waals surface area contributed by atoms with Crippen LogP contribution in [-0.4, -0.2) is 35.1 Å². The number of piperidine rings is 1. The minimum absolute atomic E-state index is 0.194. The molecular formula is C21H24N2O3. The number of aryl methyl sites for hydroxylation is 1. The highest BCUT2D eigenvalue weighted by Gasteiger charge is 2.27. The molecule has 1 fully saturated rings. The fourth-order valence-electron chi connectivity index (χ4n) is 3.43. The van der Waals surface area contributed by atoms with Crippen LogP contribution in [0, 0.1) is 12.8 Å². The third-order valence-electron chi connectivity index (χ3n) is 4.88. The summed E-state index contributed by atoms with van der Waals surface area (Å²) in [5.74, 6) is -1.28. The van der Waals surface area contributed by atoms with Gasteiger partial charge in [0.1, 0.15) is 0 Å². The molecule has 136 valence electrons. The van der Waals surface area contributed by atoms with Crippen molar-refractivity contribution in [1.29, 1.82) is 0 Å². The zero-order chi connectivity index (χ0) is 18.5. The molecule has 0 radical (unpaired) electrons. The molecule has 0 saturated carbocycles. The van der Waals surface area contributed by atoms with Crippen LogP contribution >= 0.6 is 0 Å². The summed E-state index contributed by atoms with van der Waals surface area (Å²) >= 11 is 0. The number of urea groups is 1. The Morgan fingerprint density at radius 3 is 2.65 bits per heavy atom. The van der Waals surface area contributed by atoms with Crippen molar-refractivity contribution in [2.24, 2.45) is 5.92 Å². The first-order valence-corrected chi connectivity index (χ1v) is 8.95. The number of nitrogens with one attached hydrogen (secondary N) is 1. The molecule has 0 aliphatic carbocycles. The fourth-order valence-corrected chi connectivity index (χ4v) is 3.43. The molecule has 1 aliphatic rings. The maximum absolute atomic E-state index is 12.3. The largest absolute Gasteiger partial charge is 0.481 e. The van der Waals surface area contributed by atoms with E-state index in [2.05, 4.69) is 36.5 Å². The lowest BCUT2D eigenvalue weighted by atomic mass is 9.98.